The number of allylic oxidation sites excluding steroid dienone is 1. The average Bonchev–Trinajstić information content (AvgIpc) is 3.51. The predicted octanol–water partition coefficient (Wildman–Crippen LogP) is 5.62. The van der Waals surface area contributed by atoms with E-state index in [2.05, 4.69) is 11.4 Å². The molecule has 1 N–H and O–H groups in total. The van der Waals surface area contributed by atoms with Crippen LogP contribution in [0.1, 0.15) is 30.4 Å². The van der Waals surface area contributed by atoms with Crippen LogP contribution >= 0.6 is 0 Å². The molecule has 0 saturated carbocycles. The number of nitrogens with one attached hydrogen (secondary N) is 1. The van der Waals surface area contributed by atoms with Gasteiger partial charge in [-0.15, -0.1) is 0 Å². The lowest BCUT2D eigenvalue weighted by atomic mass is 9.63. The second-order valence-electron chi connectivity index (χ2n) is 9.13. The third-order valence-electron chi connectivity index (χ3n) is 7.15. The molecule has 2 aromatic carbocycles. The maximum absolute atomic E-state index is 13.9. The standard InChI is InChI=1S/C28H19F3N4O2/c29-28(30,31)17-7-5-8-18(15-17)35-22-11-6-12-23(36)24(22)27(19-9-1-2-10-21(19)33-26(27)37)20(16-32)25(35)34-13-3-4-14-34/h1-5,7-10,13-15H,6,11-12H2,(H,33,37)/t27-/m1/s1. The summed E-state index contributed by atoms with van der Waals surface area (Å²) < 4.78 is 42.7. The minimum Gasteiger partial charge on any atom is -0.324 e. The van der Waals surface area contributed by atoms with Crippen molar-refractivity contribution in [3.05, 3.63) is 101 Å². The molecular formula is C28H19F3N4O2. The van der Waals surface area contributed by atoms with E-state index in [1.54, 1.807) is 58.3 Å². The van der Waals surface area contributed by atoms with E-state index >= 15 is 0 Å². The molecule has 2 aliphatic heterocycles. The largest absolute Gasteiger partial charge is 0.416 e. The smallest absolute Gasteiger partial charge is 0.324 e. The Labute approximate surface area is 209 Å². The Morgan fingerprint density at radius 1 is 0.973 bits per heavy atom. The second-order valence-corrected chi connectivity index (χ2v) is 9.13. The van der Waals surface area contributed by atoms with Crippen LogP contribution in [0.4, 0.5) is 24.5 Å². The molecule has 3 aliphatic rings. The zero-order valence-electron chi connectivity index (χ0n) is 19.3. The first-order valence-corrected chi connectivity index (χ1v) is 11.7. The first-order chi connectivity index (χ1) is 17.8. The number of amides is 1. The number of carbonyl (C=O) groups is 2. The normalized spacial score (nSPS) is 21.2. The minimum absolute atomic E-state index is 0.0300. The molecule has 3 aromatic rings. The SMILES string of the molecule is N#CC1=C(n2cccc2)N(c2cccc(C(F)(F)F)c2)C2=C(C(=O)CCC2)[C@]12C(=O)Nc1ccccc12. The number of Topliss-reactive ketones (excluding diaryl/α,β-unsaturated/α-hetero) is 1. The summed E-state index contributed by atoms with van der Waals surface area (Å²) in [5.41, 5.74) is -0.916. The van der Waals surface area contributed by atoms with Crippen molar-refractivity contribution >= 4 is 28.9 Å². The van der Waals surface area contributed by atoms with Crippen molar-refractivity contribution in [3.8, 4) is 6.07 Å². The van der Waals surface area contributed by atoms with E-state index in [4.69, 9.17) is 0 Å². The molecule has 3 heterocycles. The zero-order valence-corrected chi connectivity index (χ0v) is 19.3. The summed E-state index contributed by atoms with van der Waals surface area (Å²) in [4.78, 5) is 29.0. The number of nitrogens with zero attached hydrogens (tertiary/aromatic N) is 3. The van der Waals surface area contributed by atoms with Crippen molar-refractivity contribution in [2.24, 2.45) is 0 Å². The van der Waals surface area contributed by atoms with Crippen LogP contribution in [-0.4, -0.2) is 16.3 Å². The van der Waals surface area contributed by atoms with Gasteiger partial charge in [-0.05, 0) is 49.2 Å². The molecule has 1 amide bonds. The third kappa shape index (κ3) is 3.12. The van der Waals surface area contributed by atoms with Crippen molar-refractivity contribution < 1.29 is 22.8 Å². The number of aromatic nitrogens is 1. The molecule has 0 saturated heterocycles. The van der Waals surface area contributed by atoms with Gasteiger partial charge in [-0.3, -0.25) is 14.5 Å². The molecule has 6 rings (SSSR count). The van der Waals surface area contributed by atoms with Crippen molar-refractivity contribution in [1.82, 2.24) is 4.57 Å². The number of nitriles is 1. The number of halogens is 3. The fourth-order valence-corrected chi connectivity index (χ4v) is 5.72. The summed E-state index contributed by atoms with van der Waals surface area (Å²) >= 11 is 0. The van der Waals surface area contributed by atoms with Crippen LogP contribution in [-0.2, 0) is 21.2 Å². The minimum atomic E-state index is -4.59. The second kappa shape index (κ2) is 7.96. The van der Waals surface area contributed by atoms with Crippen molar-refractivity contribution in [2.45, 2.75) is 30.9 Å². The van der Waals surface area contributed by atoms with Crippen LogP contribution in [0.3, 0.4) is 0 Å². The molecule has 9 heteroatoms. The van der Waals surface area contributed by atoms with Gasteiger partial charge in [0.2, 0.25) is 5.91 Å². The lowest BCUT2D eigenvalue weighted by Crippen LogP contribution is -2.49. The van der Waals surface area contributed by atoms with Gasteiger partial charge in [-0.25, -0.2) is 0 Å². The summed E-state index contributed by atoms with van der Waals surface area (Å²) in [6.07, 6.45) is -0.284. The Kier molecular flexibility index (Phi) is 4.92. The fraction of sp³-hybridized carbons (Fsp3) is 0.179. The van der Waals surface area contributed by atoms with Gasteiger partial charge in [0.1, 0.15) is 17.3 Å². The van der Waals surface area contributed by atoms with Gasteiger partial charge in [0.15, 0.2) is 5.78 Å². The Morgan fingerprint density at radius 3 is 2.46 bits per heavy atom. The summed E-state index contributed by atoms with van der Waals surface area (Å²) in [5.74, 6) is -0.613. The number of hydrogen-bond donors (Lipinski definition) is 1. The molecule has 0 bridgehead atoms. The van der Waals surface area contributed by atoms with E-state index in [0.717, 1.165) is 12.1 Å². The lowest BCUT2D eigenvalue weighted by molar-refractivity contribution is -0.137. The third-order valence-corrected chi connectivity index (χ3v) is 7.15. The van der Waals surface area contributed by atoms with Crippen LogP contribution in [0.25, 0.3) is 5.82 Å². The van der Waals surface area contributed by atoms with Gasteiger partial charge in [-0.1, -0.05) is 24.3 Å². The van der Waals surface area contributed by atoms with Gasteiger partial charge in [0.25, 0.3) is 0 Å². The van der Waals surface area contributed by atoms with Gasteiger partial charge < -0.3 is 9.88 Å². The number of ketones is 1. The molecule has 184 valence electrons. The Balaban J connectivity index is 1.75. The predicted molar refractivity (Wildman–Crippen MR) is 130 cm³/mol. The summed E-state index contributed by atoms with van der Waals surface area (Å²) in [6, 6.07) is 17.3. The average molecular weight is 500 g/mol. The summed E-state index contributed by atoms with van der Waals surface area (Å²) in [5, 5.41) is 13.5. The Morgan fingerprint density at radius 2 is 1.73 bits per heavy atom. The lowest BCUT2D eigenvalue weighted by Gasteiger charge is -2.44. The van der Waals surface area contributed by atoms with Crippen LogP contribution < -0.4 is 10.2 Å². The van der Waals surface area contributed by atoms with Crippen LogP contribution in [0.15, 0.2) is 89.9 Å². The van der Waals surface area contributed by atoms with Gasteiger partial charge in [-0.2, -0.15) is 18.4 Å². The number of anilines is 2. The van der Waals surface area contributed by atoms with Gasteiger partial charge in [0.05, 0.1) is 11.1 Å². The zero-order chi connectivity index (χ0) is 25.9. The quantitative estimate of drug-likeness (QED) is 0.496. The first kappa shape index (κ1) is 22.9. The molecule has 1 spiro atoms. The molecule has 1 atom stereocenters. The number of hydrogen-bond acceptors (Lipinski definition) is 4. The Bertz CT molecular complexity index is 1580. The fourth-order valence-electron chi connectivity index (χ4n) is 5.72. The molecule has 6 nitrogen and oxygen atoms in total. The number of rotatable bonds is 2. The molecule has 0 radical (unpaired) electrons. The van der Waals surface area contributed by atoms with Crippen LogP contribution in [0.2, 0.25) is 0 Å². The van der Waals surface area contributed by atoms with E-state index in [-0.39, 0.29) is 34.9 Å². The maximum Gasteiger partial charge on any atom is 0.416 e. The van der Waals surface area contributed by atoms with E-state index < -0.39 is 23.1 Å². The van der Waals surface area contributed by atoms with Gasteiger partial charge in [0, 0.05) is 47.0 Å². The molecule has 0 unspecified atom stereocenters. The maximum atomic E-state index is 13.9. The molecule has 37 heavy (non-hydrogen) atoms. The van der Waals surface area contributed by atoms with Crippen LogP contribution in [0, 0.1) is 11.3 Å². The molecular weight excluding hydrogens is 481 g/mol. The highest BCUT2D eigenvalue weighted by Gasteiger charge is 2.60. The van der Waals surface area contributed by atoms with Gasteiger partial charge >= 0.3 is 6.18 Å². The van der Waals surface area contributed by atoms with E-state index in [1.165, 1.54) is 12.1 Å². The highest BCUT2D eigenvalue weighted by atomic mass is 19.4. The van der Waals surface area contributed by atoms with Crippen molar-refractivity contribution in [3.63, 3.8) is 0 Å². The first-order valence-electron chi connectivity index (χ1n) is 11.7. The summed E-state index contributed by atoms with van der Waals surface area (Å²) in [7, 11) is 0. The monoisotopic (exact) mass is 500 g/mol. The van der Waals surface area contributed by atoms with Crippen molar-refractivity contribution in [2.75, 3.05) is 10.2 Å². The number of fused-ring (bicyclic) bond motifs is 3. The number of alkyl halides is 3. The van der Waals surface area contributed by atoms with Crippen LogP contribution in [0.5, 0.6) is 0 Å². The highest BCUT2D eigenvalue weighted by Crippen LogP contribution is 2.56. The number of para-hydroxylation sites is 1. The Hall–Kier alpha value is -4.58. The van der Waals surface area contributed by atoms with Crippen molar-refractivity contribution in [1.29, 1.82) is 5.26 Å². The molecule has 1 aromatic heterocycles. The van der Waals surface area contributed by atoms with E-state index in [0.29, 0.717) is 29.8 Å². The highest BCUT2D eigenvalue weighted by molar-refractivity contribution is 6.21. The van der Waals surface area contributed by atoms with E-state index in [1.807, 2.05) is 0 Å². The molecule has 1 aliphatic carbocycles. The topological polar surface area (TPSA) is 78.1 Å². The number of carbonyl (C=O) groups excluding carboxylic acids is 2. The molecule has 0 fully saturated rings. The number of benzene rings is 2. The van der Waals surface area contributed by atoms with E-state index in [9.17, 15) is 28.0 Å². The summed E-state index contributed by atoms with van der Waals surface area (Å²) in [6.45, 7) is 0.